The molecule has 2 aromatic rings. The standard InChI is InChI=1S/C6H3BrN4S/c7-6-10-5(12-11-6)4-1-8-3-9-2-4/h1-3H. The molecule has 6 heteroatoms. The van der Waals surface area contributed by atoms with Crippen molar-refractivity contribution in [2.24, 2.45) is 0 Å². The number of aromatic nitrogens is 4. The largest absolute Gasteiger partial charge is 0.244 e. The molecule has 0 fully saturated rings. The van der Waals surface area contributed by atoms with Crippen molar-refractivity contribution in [3.8, 4) is 10.6 Å². The first-order chi connectivity index (χ1) is 5.86. The fraction of sp³-hybridized carbons (Fsp3) is 0. The minimum Gasteiger partial charge on any atom is -0.244 e. The summed E-state index contributed by atoms with van der Waals surface area (Å²) in [5, 5.41) is 0.822. The maximum absolute atomic E-state index is 4.12. The second-order valence-corrected chi connectivity index (χ2v) is 3.46. The quantitative estimate of drug-likeness (QED) is 0.765. The minimum absolute atomic E-state index is 0.603. The van der Waals surface area contributed by atoms with E-state index in [1.807, 2.05) is 0 Å². The lowest BCUT2D eigenvalue weighted by Crippen LogP contribution is -1.79. The summed E-state index contributed by atoms with van der Waals surface area (Å²) >= 11 is 4.49. The van der Waals surface area contributed by atoms with Crippen LogP contribution in [0, 0.1) is 0 Å². The molecular weight excluding hydrogens is 240 g/mol. The predicted molar refractivity (Wildman–Crippen MR) is 48.6 cm³/mol. The van der Waals surface area contributed by atoms with Gasteiger partial charge in [0.1, 0.15) is 11.3 Å². The van der Waals surface area contributed by atoms with E-state index in [2.05, 4.69) is 35.3 Å². The van der Waals surface area contributed by atoms with Crippen molar-refractivity contribution in [1.82, 2.24) is 19.3 Å². The van der Waals surface area contributed by atoms with Gasteiger partial charge in [0.15, 0.2) is 0 Å². The highest BCUT2D eigenvalue weighted by Crippen LogP contribution is 2.20. The van der Waals surface area contributed by atoms with Gasteiger partial charge in [0.25, 0.3) is 0 Å². The van der Waals surface area contributed by atoms with E-state index < -0.39 is 0 Å². The topological polar surface area (TPSA) is 51.6 Å². The summed E-state index contributed by atoms with van der Waals surface area (Å²) in [7, 11) is 0. The summed E-state index contributed by atoms with van der Waals surface area (Å²) in [5.74, 6) is 0. The van der Waals surface area contributed by atoms with Crippen LogP contribution >= 0.6 is 27.5 Å². The highest BCUT2D eigenvalue weighted by Gasteiger charge is 2.03. The highest BCUT2D eigenvalue weighted by atomic mass is 79.9. The predicted octanol–water partition coefficient (Wildman–Crippen LogP) is 1.76. The Morgan fingerprint density at radius 3 is 2.58 bits per heavy atom. The van der Waals surface area contributed by atoms with E-state index in [0.29, 0.717) is 4.73 Å². The van der Waals surface area contributed by atoms with Crippen molar-refractivity contribution in [1.29, 1.82) is 0 Å². The number of halogens is 1. The third-order valence-electron chi connectivity index (χ3n) is 1.21. The maximum atomic E-state index is 4.12. The van der Waals surface area contributed by atoms with Gasteiger partial charge in [-0.25, -0.2) is 15.0 Å². The molecule has 60 valence electrons. The van der Waals surface area contributed by atoms with Gasteiger partial charge in [0.05, 0.1) is 0 Å². The molecule has 0 aromatic carbocycles. The summed E-state index contributed by atoms with van der Waals surface area (Å²) in [4.78, 5) is 11.9. The summed E-state index contributed by atoms with van der Waals surface area (Å²) < 4.78 is 4.59. The van der Waals surface area contributed by atoms with Crippen molar-refractivity contribution >= 4 is 27.5 Å². The fourth-order valence-corrected chi connectivity index (χ4v) is 1.78. The third kappa shape index (κ3) is 1.49. The van der Waals surface area contributed by atoms with E-state index in [1.165, 1.54) is 17.9 Å². The second kappa shape index (κ2) is 3.24. The Balaban J connectivity index is 2.45. The average molecular weight is 243 g/mol. The molecule has 0 saturated heterocycles. The lowest BCUT2D eigenvalue weighted by atomic mass is 10.4. The summed E-state index contributed by atoms with van der Waals surface area (Å²) in [5.41, 5.74) is 0.890. The van der Waals surface area contributed by atoms with Crippen LogP contribution in [0.3, 0.4) is 0 Å². The molecule has 0 aliphatic rings. The maximum Gasteiger partial charge on any atom is 0.209 e. The highest BCUT2D eigenvalue weighted by molar-refractivity contribution is 9.10. The van der Waals surface area contributed by atoms with Crippen LogP contribution in [-0.2, 0) is 0 Å². The molecule has 0 bridgehead atoms. The van der Waals surface area contributed by atoms with E-state index in [9.17, 15) is 0 Å². The van der Waals surface area contributed by atoms with Crippen LogP contribution in [-0.4, -0.2) is 19.3 Å². The van der Waals surface area contributed by atoms with E-state index >= 15 is 0 Å². The van der Waals surface area contributed by atoms with Gasteiger partial charge in [-0.2, -0.15) is 4.37 Å². The zero-order chi connectivity index (χ0) is 8.39. The van der Waals surface area contributed by atoms with E-state index in [0.717, 1.165) is 10.6 Å². The molecule has 0 N–H and O–H groups in total. The Bertz CT molecular complexity index is 374. The van der Waals surface area contributed by atoms with Crippen LogP contribution in [0.1, 0.15) is 0 Å². The molecule has 2 aromatic heterocycles. The van der Waals surface area contributed by atoms with Crippen LogP contribution in [0.15, 0.2) is 23.5 Å². The molecule has 0 amide bonds. The normalized spacial score (nSPS) is 10.1. The minimum atomic E-state index is 0.603. The fourth-order valence-electron chi connectivity index (χ4n) is 0.732. The van der Waals surface area contributed by atoms with Gasteiger partial charge in [-0.1, -0.05) is 0 Å². The van der Waals surface area contributed by atoms with Crippen molar-refractivity contribution in [2.75, 3.05) is 0 Å². The average Bonchev–Trinajstić information content (AvgIpc) is 2.54. The third-order valence-corrected chi connectivity index (χ3v) is 2.56. The molecule has 2 rings (SSSR count). The summed E-state index contributed by atoms with van der Waals surface area (Å²) in [6, 6.07) is 0. The monoisotopic (exact) mass is 242 g/mol. The molecule has 0 saturated carbocycles. The Hall–Kier alpha value is -0.880. The van der Waals surface area contributed by atoms with E-state index in [4.69, 9.17) is 0 Å². The Labute approximate surface area is 81.0 Å². The Kier molecular flexibility index (Phi) is 2.09. The van der Waals surface area contributed by atoms with Crippen LogP contribution in [0.5, 0.6) is 0 Å². The van der Waals surface area contributed by atoms with Gasteiger partial charge < -0.3 is 0 Å². The van der Waals surface area contributed by atoms with E-state index in [1.54, 1.807) is 12.4 Å². The molecule has 0 unspecified atom stereocenters. The molecule has 12 heavy (non-hydrogen) atoms. The molecule has 0 aliphatic carbocycles. The van der Waals surface area contributed by atoms with Crippen molar-refractivity contribution < 1.29 is 0 Å². The second-order valence-electron chi connectivity index (χ2n) is 2.00. The van der Waals surface area contributed by atoms with Crippen LogP contribution in [0.4, 0.5) is 0 Å². The lowest BCUT2D eigenvalue weighted by molar-refractivity contribution is 1.16. The summed E-state index contributed by atoms with van der Waals surface area (Å²) in [6.07, 6.45) is 4.90. The first kappa shape index (κ1) is 7.75. The van der Waals surface area contributed by atoms with Crippen LogP contribution in [0.25, 0.3) is 10.6 Å². The number of nitrogens with zero attached hydrogens (tertiary/aromatic N) is 4. The zero-order valence-electron chi connectivity index (χ0n) is 5.81. The number of hydrogen-bond donors (Lipinski definition) is 0. The first-order valence-electron chi connectivity index (χ1n) is 3.11. The SMILES string of the molecule is Brc1nsc(-c2cncnc2)n1. The molecule has 4 nitrogen and oxygen atoms in total. The number of rotatable bonds is 1. The van der Waals surface area contributed by atoms with E-state index in [-0.39, 0.29) is 0 Å². The zero-order valence-corrected chi connectivity index (χ0v) is 8.21. The van der Waals surface area contributed by atoms with Crippen molar-refractivity contribution in [2.45, 2.75) is 0 Å². The van der Waals surface area contributed by atoms with Gasteiger partial charge in [-0.3, -0.25) is 0 Å². The Morgan fingerprint density at radius 2 is 2.00 bits per heavy atom. The summed E-state index contributed by atoms with van der Waals surface area (Å²) in [6.45, 7) is 0. The lowest BCUT2D eigenvalue weighted by Gasteiger charge is -1.89. The van der Waals surface area contributed by atoms with Gasteiger partial charge in [-0.15, -0.1) is 0 Å². The van der Waals surface area contributed by atoms with Crippen molar-refractivity contribution in [3.63, 3.8) is 0 Å². The van der Waals surface area contributed by atoms with Gasteiger partial charge in [-0.05, 0) is 27.5 Å². The van der Waals surface area contributed by atoms with Gasteiger partial charge in [0.2, 0.25) is 4.73 Å². The first-order valence-corrected chi connectivity index (χ1v) is 4.67. The van der Waals surface area contributed by atoms with Crippen LogP contribution < -0.4 is 0 Å². The smallest absolute Gasteiger partial charge is 0.209 e. The molecule has 0 atom stereocenters. The van der Waals surface area contributed by atoms with Crippen LogP contribution in [0.2, 0.25) is 0 Å². The molecule has 0 radical (unpaired) electrons. The van der Waals surface area contributed by atoms with Gasteiger partial charge >= 0.3 is 0 Å². The Morgan fingerprint density at radius 1 is 1.25 bits per heavy atom. The van der Waals surface area contributed by atoms with Crippen molar-refractivity contribution in [3.05, 3.63) is 23.5 Å². The molecule has 2 heterocycles. The molecular formula is C6H3BrN4S. The molecule has 0 spiro atoms. The number of hydrogen-bond acceptors (Lipinski definition) is 5. The van der Waals surface area contributed by atoms with Gasteiger partial charge in [0, 0.05) is 18.0 Å². The molecule has 0 aliphatic heterocycles.